The molecule has 0 aliphatic heterocycles. The summed E-state index contributed by atoms with van der Waals surface area (Å²) in [5.74, 6) is -0.694. The minimum absolute atomic E-state index is 0. The number of rotatable bonds is 2. The van der Waals surface area contributed by atoms with E-state index in [-0.39, 0.29) is 35.4 Å². The molecule has 3 N–H and O–H groups in total. The van der Waals surface area contributed by atoms with E-state index in [2.05, 4.69) is 5.32 Å². The normalized spacial score (nSPS) is 22.5. The van der Waals surface area contributed by atoms with Gasteiger partial charge in [0, 0.05) is 12.1 Å². The molecule has 0 bridgehead atoms. The van der Waals surface area contributed by atoms with Crippen molar-refractivity contribution in [2.24, 2.45) is 5.73 Å². The number of nitrogens with one attached hydrogen (secondary N) is 1. The van der Waals surface area contributed by atoms with Gasteiger partial charge in [0.1, 0.15) is 5.82 Å². The molecule has 1 aliphatic carbocycles. The first-order valence-electron chi connectivity index (χ1n) is 6.08. The average molecular weight is 307 g/mol. The van der Waals surface area contributed by atoms with Gasteiger partial charge in [-0.05, 0) is 43.9 Å². The minimum atomic E-state index is -0.444. The third-order valence-electron chi connectivity index (χ3n) is 3.28. The van der Waals surface area contributed by atoms with Crippen molar-refractivity contribution in [3.63, 3.8) is 0 Å². The number of hydrogen-bond donors (Lipinski definition) is 2. The quantitative estimate of drug-likeness (QED) is 0.882. The Morgan fingerprint density at radius 1 is 1.32 bits per heavy atom. The lowest BCUT2D eigenvalue weighted by atomic mass is 9.91. The lowest BCUT2D eigenvalue weighted by molar-refractivity contribution is 0.0926. The van der Waals surface area contributed by atoms with Gasteiger partial charge in [0.05, 0.1) is 10.6 Å². The fourth-order valence-electron chi connectivity index (χ4n) is 2.20. The van der Waals surface area contributed by atoms with Crippen molar-refractivity contribution in [2.75, 3.05) is 0 Å². The molecular formula is C13H17Cl2FN2O. The first-order chi connectivity index (χ1) is 8.56. The van der Waals surface area contributed by atoms with E-state index in [4.69, 9.17) is 17.3 Å². The topological polar surface area (TPSA) is 55.1 Å². The third-order valence-corrected chi connectivity index (χ3v) is 3.60. The molecule has 2 rings (SSSR count). The smallest absolute Gasteiger partial charge is 0.253 e. The Bertz CT molecular complexity index is 448. The SMILES string of the molecule is Cl.NC1CCC(NC(=O)c2ccc(F)cc2Cl)CC1. The van der Waals surface area contributed by atoms with E-state index in [1.807, 2.05) is 0 Å². The summed E-state index contributed by atoms with van der Waals surface area (Å²) in [5, 5.41) is 3.05. The molecule has 1 aromatic carbocycles. The van der Waals surface area contributed by atoms with Crippen molar-refractivity contribution in [3.05, 3.63) is 34.6 Å². The van der Waals surface area contributed by atoms with Crippen LogP contribution >= 0.6 is 24.0 Å². The summed E-state index contributed by atoms with van der Waals surface area (Å²) in [5.41, 5.74) is 6.12. The van der Waals surface area contributed by atoms with Crippen LogP contribution < -0.4 is 11.1 Å². The Balaban J connectivity index is 0.00000180. The lowest BCUT2D eigenvalue weighted by Crippen LogP contribution is -2.40. The number of carbonyl (C=O) groups excluding carboxylic acids is 1. The first-order valence-corrected chi connectivity index (χ1v) is 6.45. The summed E-state index contributed by atoms with van der Waals surface area (Å²) in [7, 11) is 0. The zero-order valence-corrected chi connectivity index (χ0v) is 11.9. The highest BCUT2D eigenvalue weighted by atomic mass is 35.5. The highest BCUT2D eigenvalue weighted by molar-refractivity contribution is 6.33. The summed E-state index contributed by atoms with van der Waals surface area (Å²) >= 11 is 5.84. The molecule has 1 saturated carbocycles. The molecule has 1 aliphatic rings. The predicted molar refractivity (Wildman–Crippen MR) is 76.4 cm³/mol. The van der Waals surface area contributed by atoms with Crippen molar-refractivity contribution >= 4 is 29.9 Å². The van der Waals surface area contributed by atoms with E-state index >= 15 is 0 Å². The molecule has 0 spiro atoms. The van der Waals surface area contributed by atoms with Gasteiger partial charge in [0.2, 0.25) is 0 Å². The van der Waals surface area contributed by atoms with E-state index < -0.39 is 5.82 Å². The first kappa shape index (κ1) is 16.2. The van der Waals surface area contributed by atoms with Gasteiger partial charge in [-0.3, -0.25) is 4.79 Å². The van der Waals surface area contributed by atoms with Gasteiger partial charge < -0.3 is 11.1 Å². The zero-order valence-electron chi connectivity index (χ0n) is 10.4. The van der Waals surface area contributed by atoms with Gasteiger partial charge >= 0.3 is 0 Å². The monoisotopic (exact) mass is 306 g/mol. The second-order valence-electron chi connectivity index (χ2n) is 4.71. The number of hydrogen-bond acceptors (Lipinski definition) is 2. The molecule has 0 radical (unpaired) electrons. The molecule has 0 heterocycles. The van der Waals surface area contributed by atoms with Gasteiger partial charge in [-0.2, -0.15) is 0 Å². The van der Waals surface area contributed by atoms with Crippen molar-refractivity contribution < 1.29 is 9.18 Å². The van der Waals surface area contributed by atoms with Crippen molar-refractivity contribution in [1.29, 1.82) is 0 Å². The maximum atomic E-state index is 12.9. The Kier molecular flexibility index (Phi) is 6.04. The van der Waals surface area contributed by atoms with Crippen LogP contribution in [0.5, 0.6) is 0 Å². The fraction of sp³-hybridized carbons (Fsp3) is 0.462. The van der Waals surface area contributed by atoms with E-state index in [1.54, 1.807) is 0 Å². The molecule has 0 aromatic heterocycles. The van der Waals surface area contributed by atoms with Crippen LogP contribution in [-0.2, 0) is 0 Å². The average Bonchev–Trinajstić information content (AvgIpc) is 2.32. The molecule has 0 unspecified atom stereocenters. The van der Waals surface area contributed by atoms with Gasteiger partial charge in [-0.15, -0.1) is 12.4 Å². The van der Waals surface area contributed by atoms with Crippen LogP contribution in [0.3, 0.4) is 0 Å². The number of amides is 1. The number of halogens is 3. The van der Waals surface area contributed by atoms with Gasteiger partial charge in [-0.25, -0.2) is 4.39 Å². The Morgan fingerprint density at radius 3 is 2.53 bits per heavy atom. The zero-order chi connectivity index (χ0) is 13.1. The van der Waals surface area contributed by atoms with Crippen molar-refractivity contribution in [2.45, 2.75) is 37.8 Å². The Hall–Kier alpha value is -0.840. The maximum Gasteiger partial charge on any atom is 0.253 e. The molecule has 1 amide bonds. The van der Waals surface area contributed by atoms with Crippen LogP contribution in [0.25, 0.3) is 0 Å². The highest BCUT2D eigenvalue weighted by Crippen LogP contribution is 2.20. The van der Waals surface area contributed by atoms with Gasteiger partial charge in [0.25, 0.3) is 5.91 Å². The van der Waals surface area contributed by atoms with E-state index in [1.165, 1.54) is 12.1 Å². The lowest BCUT2D eigenvalue weighted by Gasteiger charge is -2.26. The minimum Gasteiger partial charge on any atom is -0.349 e. The predicted octanol–water partition coefficient (Wildman–Crippen LogP) is 2.90. The number of nitrogens with two attached hydrogens (primary N) is 1. The largest absolute Gasteiger partial charge is 0.349 e. The molecule has 1 aromatic rings. The van der Waals surface area contributed by atoms with Crippen LogP contribution in [0.2, 0.25) is 5.02 Å². The van der Waals surface area contributed by atoms with Gasteiger partial charge in [-0.1, -0.05) is 11.6 Å². The second kappa shape index (κ2) is 7.08. The standard InChI is InChI=1S/C13H16ClFN2O.ClH/c14-12-7-8(15)1-6-11(12)13(18)17-10-4-2-9(16)3-5-10;/h1,6-7,9-10H,2-5,16H2,(H,17,18);1H. The summed E-state index contributed by atoms with van der Waals surface area (Å²) in [4.78, 5) is 12.0. The third kappa shape index (κ3) is 4.34. The van der Waals surface area contributed by atoms with Crippen LogP contribution in [0.4, 0.5) is 4.39 Å². The summed E-state index contributed by atoms with van der Waals surface area (Å²) < 4.78 is 12.9. The fourth-order valence-corrected chi connectivity index (χ4v) is 2.45. The second-order valence-corrected chi connectivity index (χ2v) is 5.12. The summed E-state index contributed by atoms with van der Waals surface area (Å²) in [6.07, 6.45) is 3.60. The molecule has 0 atom stereocenters. The maximum absolute atomic E-state index is 12.9. The highest BCUT2D eigenvalue weighted by Gasteiger charge is 2.21. The van der Waals surface area contributed by atoms with E-state index in [0.29, 0.717) is 5.56 Å². The van der Waals surface area contributed by atoms with Crippen LogP contribution in [0.15, 0.2) is 18.2 Å². The van der Waals surface area contributed by atoms with Crippen LogP contribution in [-0.4, -0.2) is 18.0 Å². The van der Waals surface area contributed by atoms with E-state index in [0.717, 1.165) is 31.7 Å². The summed E-state index contributed by atoms with van der Waals surface area (Å²) in [6, 6.07) is 4.16. The molecule has 0 saturated heterocycles. The Morgan fingerprint density at radius 2 is 1.95 bits per heavy atom. The van der Waals surface area contributed by atoms with Crippen LogP contribution in [0.1, 0.15) is 36.0 Å². The number of benzene rings is 1. The number of carbonyl (C=O) groups is 1. The van der Waals surface area contributed by atoms with E-state index in [9.17, 15) is 9.18 Å². The summed E-state index contributed by atoms with van der Waals surface area (Å²) in [6.45, 7) is 0. The molecule has 3 nitrogen and oxygen atoms in total. The van der Waals surface area contributed by atoms with Crippen molar-refractivity contribution in [1.82, 2.24) is 5.32 Å². The van der Waals surface area contributed by atoms with Crippen molar-refractivity contribution in [3.8, 4) is 0 Å². The van der Waals surface area contributed by atoms with Gasteiger partial charge in [0.15, 0.2) is 0 Å². The molecule has 1 fully saturated rings. The molecule has 106 valence electrons. The van der Waals surface area contributed by atoms with Crippen LogP contribution in [0, 0.1) is 5.82 Å². The Labute approximate surface area is 123 Å². The molecule has 6 heteroatoms. The molecule has 19 heavy (non-hydrogen) atoms. The molecular weight excluding hydrogens is 290 g/mol.